The third kappa shape index (κ3) is 4.71. The molecule has 0 unspecified atom stereocenters. The van der Waals surface area contributed by atoms with E-state index in [2.05, 4.69) is 27.8 Å². The van der Waals surface area contributed by atoms with E-state index in [1.54, 1.807) is 0 Å². The van der Waals surface area contributed by atoms with Crippen LogP contribution in [0, 0.1) is 0 Å². The summed E-state index contributed by atoms with van der Waals surface area (Å²) in [7, 11) is 2.21. The number of anilines is 2. The van der Waals surface area contributed by atoms with E-state index in [0.717, 1.165) is 57.3 Å². The van der Waals surface area contributed by atoms with Gasteiger partial charge in [-0.25, -0.2) is 4.98 Å². The summed E-state index contributed by atoms with van der Waals surface area (Å²) in [5, 5.41) is 0. The van der Waals surface area contributed by atoms with Crippen LogP contribution in [0.5, 0.6) is 0 Å². The molecular weight excluding hydrogens is 371 g/mol. The minimum atomic E-state index is 0. The molecule has 26 heavy (non-hydrogen) atoms. The van der Waals surface area contributed by atoms with Gasteiger partial charge in [0, 0.05) is 50.7 Å². The maximum atomic E-state index is 6.01. The Hall–Kier alpha value is -0.820. The molecule has 0 radical (unpaired) electrons. The van der Waals surface area contributed by atoms with Crippen LogP contribution in [0.2, 0.25) is 0 Å². The molecule has 0 atom stereocenters. The smallest absolute Gasteiger partial charge is 0.227 e. The molecule has 0 aromatic carbocycles. The average molecular weight is 403 g/mol. The summed E-state index contributed by atoms with van der Waals surface area (Å²) in [6.07, 6.45) is 5.85. The predicted octanol–water partition coefficient (Wildman–Crippen LogP) is 2.27. The van der Waals surface area contributed by atoms with Crippen LogP contribution in [0.25, 0.3) is 0 Å². The molecule has 2 aliphatic heterocycles. The van der Waals surface area contributed by atoms with Gasteiger partial charge in [0.25, 0.3) is 0 Å². The van der Waals surface area contributed by atoms with Gasteiger partial charge in [0.15, 0.2) is 0 Å². The van der Waals surface area contributed by atoms with Gasteiger partial charge < -0.3 is 20.4 Å². The van der Waals surface area contributed by atoms with Crippen molar-refractivity contribution in [3.05, 3.63) is 11.8 Å². The molecule has 1 saturated carbocycles. The molecule has 3 aliphatic rings. The Labute approximate surface area is 169 Å². The summed E-state index contributed by atoms with van der Waals surface area (Å²) in [4.78, 5) is 17.1. The van der Waals surface area contributed by atoms with Crippen LogP contribution in [0.1, 0.15) is 43.7 Å². The summed E-state index contributed by atoms with van der Waals surface area (Å²) in [6.45, 7) is 6.60. The van der Waals surface area contributed by atoms with Crippen molar-refractivity contribution < 1.29 is 0 Å². The Kier molecular flexibility index (Phi) is 7.76. The van der Waals surface area contributed by atoms with Crippen LogP contribution in [0.15, 0.2) is 6.07 Å². The maximum Gasteiger partial charge on any atom is 0.227 e. The number of aromatic nitrogens is 2. The van der Waals surface area contributed by atoms with Crippen molar-refractivity contribution in [2.24, 2.45) is 5.73 Å². The number of rotatable bonds is 3. The van der Waals surface area contributed by atoms with Crippen molar-refractivity contribution in [2.45, 2.75) is 44.1 Å². The highest BCUT2D eigenvalue weighted by atomic mass is 35.5. The third-order valence-electron chi connectivity index (χ3n) is 5.75. The zero-order chi connectivity index (χ0) is 16.5. The maximum absolute atomic E-state index is 6.01. The first kappa shape index (κ1) is 21.5. The summed E-state index contributed by atoms with van der Waals surface area (Å²) in [6, 6.07) is 2.59. The van der Waals surface area contributed by atoms with Crippen molar-refractivity contribution in [2.75, 3.05) is 56.1 Å². The van der Waals surface area contributed by atoms with E-state index in [0.29, 0.717) is 12.0 Å². The van der Waals surface area contributed by atoms with Crippen molar-refractivity contribution >= 4 is 36.6 Å². The number of hydrogen-bond acceptors (Lipinski definition) is 6. The number of likely N-dealkylation sites (N-methyl/N-ethyl adjacent to an activating group) is 1. The SMILES string of the molecule is CN1CCCN(c2cc(C3CC(N)C3)nc(N3CCCC3)n2)CC1.Cl.Cl. The topological polar surface area (TPSA) is 61.5 Å². The summed E-state index contributed by atoms with van der Waals surface area (Å²) >= 11 is 0. The molecule has 3 fully saturated rings. The minimum absolute atomic E-state index is 0. The van der Waals surface area contributed by atoms with E-state index in [1.807, 2.05) is 0 Å². The van der Waals surface area contributed by atoms with Gasteiger partial charge in [0.05, 0.1) is 5.69 Å². The van der Waals surface area contributed by atoms with Gasteiger partial charge in [0.1, 0.15) is 5.82 Å². The van der Waals surface area contributed by atoms with Crippen LogP contribution in [0.4, 0.5) is 11.8 Å². The Balaban J connectivity index is 0.00000121. The summed E-state index contributed by atoms with van der Waals surface area (Å²) < 4.78 is 0. The highest BCUT2D eigenvalue weighted by Crippen LogP contribution is 2.36. The molecule has 1 aromatic heterocycles. The minimum Gasteiger partial charge on any atom is -0.355 e. The lowest BCUT2D eigenvalue weighted by Crippen LogP contribution is -2.36. The number of hydrogen-bond donors (Lipinski definition) is 1. The van der Waals surface area contributed by atoms with Gasteiger partial charge in [0.2, 0.25) is 5.95 Å². The molecule has 6 nitrogen and oxygen atoms in total. The van der Waals surface area contributed by atoms with Gasteiger partial charge in [-0.2, -0.15) is 4.98 Å². The van der Waals surface area contributed by atoms with E-state index < -0.39 is 0 Å². The fourth-order valence-corrected chi connectivity index (χ4v) is 4.05. The number of halogens is 2. The van der Waals surface area contributed by atoms with E-state index in [4.69, 9.17) is 15.7 Å². The second kappa shape index (κ2) is 9.40. The van der Waals surface area contributed by atoms with Crippen molar-refractivity contribution in [3.63, 3.8) is 0 Å². The molecule has 8 heteroatoms. The second-order valence-electron chi connectivity index (χ2n) is 7.72. The van der Waals surface area contributed by atoms with Gasteiger partial charge in [-0.05, 0) is 45.7 Å². The van der Waals surface area contributed by atoms with Crippen LogP contribution in [-0.4, -0.2) is 67.2 Å². The normalized spacial score (nSPS) is 26.5. The molecule has 1 aromatic rings. The number of nitrogens with two attached hydrogens (primary N) is 1. The highest BCUT2D eigenvalue weighted by molar-refractivity contribution is 5.85. The molecule has 2 saturated heterocycles. The van der Waals surface area contributed by atoms with E-state index in [9.17, 15) is 0 Å². The average Bonchev–Trinajstić information content (AvgIpc) is 3.01. The molecule has 3 heterocycles. The van der Waals surface area contributed by atoms with Gasteiger partial charge in [-0.1, -0.05) is 0 Å². The van der Waals surface area contributed by atoms with Crippen molar-refractivity contribution in [3.8, 4) is 0 Å². The molecule has 0 spiro atoms. The molecule has 1 aliphatic carbocycles. The molecule has 148 valence electrons. The molecule has 0 amide bonds. The summed E-state index contributed by atoms with van der Waals surface area (Å²) in [5.74, 6) is 2.59. The van der Waals surface area contributed by atoms with Crippen LogP contribution in [-0.2, 0) is 0 Å². The van der Waals surface area contributed by atoms with Gasteiger partial charge >= 0.3 is 0 Å². The van der Waals surface area contributed by atoms with E-state index in [-0.39, 0.29) is 24.8 Å². The standard InChI is InChI=1S/C18H30N6.2ClH/c1-22-5-4-8-23(10-9-22)17-13-16(14-11-15(19)12-14)20-18(21-17)24-6-2-3-7-24;;/h13-15H,2-12,19H2,1H3;2*1H. The van der Waals surface area contributed by atoms with Crippen LogP contribution in [0.3, 0.4) is 0 Å². The number of nitrogens with zero attached hydrogens (tertiary/aromatic N) is 5. The van der Waals surface area contributed by atoms with Crippen molar-refractivity contribution in [1.29, 1.82) is 0 Å². The molecule has 0 bridgehead atoms. The Bertz CT molecular complexity index is 575. The summed E-state index contributed by atoms with van der Waals surface area (Å²) in [5.41, 5.74) is 7.22. The Morgan fingerprint density at radius 3 is 2.27 bits per heavy atom. The Morgan fingerprint density at radius 2 is 1.58 bits per heavy atom. The van der Waals surface area contributed by atoms with Gasteiger partial charge in [-0.15, -0.1) is 24.8 Å². The first-order chi connectivity index (χ1) is 11.7. The van der Waals surface area contributed by atoms with Crippen molar-refractivity contribution in [1.82, 2.24) is 14.9 Å². The van der Waals surface area contributed by atoms with E-state index in [1.165, 1.54) is 31.5 Å². The monoisotopic (exact) mass is 402 g/mol. The lowest BCUT2D eigenvalue weighted by Gasteiger charge is -2.33. The van der Waals surface area contributed by atoms with E-state index >= 15 is 0 Å². The fourth-order valence-electron chi connectivity index (χ4n) is 4.05. The zero-order valence-corrected chi connectivity index (χ0v) is 17.3. The molecule has 4 rings (SSSR count). The third-order valence-corrected chi connectivity index (χ3v) is 5.75. The zero-order valence-electron chi connectivity index (χ0n) is 15.6. The predicted molar refractivity (Wildman–Crippen MR) is 112 cm³/mol. The molecular formula is C18H32Cl2N6. The molecule has 2 N–H and O–H groups in total. The quantitative estimate of drug-likeness (QED) is 0.836. The lowest BCUT2D eigenvalue weighted by molar-refractivity contribution is 0.345. The fraction of sp³-hybridized carbons (Fsp3) is 0.778. The lowest BCUT2D eigenvalue weighted by atomic mass is 9.78. The second-order valence-corrected chi connectivity index (χ2v) is 7.72. The van der Waals surface area contributed by atoms with Crippen LogP contribution >= 0.6 is 24.8 Å². The van der Waals surface area contributed by atoms with Gasteiger partial charge in [-0.3, -0.25) is 0 Å². The highest BCUT2D eigenvalue weighted by Gasteiger charge is 2.30. The first-order valence-corrected chi connectivity index (χ1v) is 9.52. The first-order valence-electron chi connectivity index (χ1n) is 9.52. The van der Waals surface area contributed by atoms with Crippen LogP contribution < -0.4 is 15.5 Å². The Morgan fingerprint density at radius 1 is 0.885 bits per heavy atom. The largest absolute Gasteiger partial charge is 0.355 e.